The summed E-state index contributed by atoms with van der Waals surface area (Å²) >= 11 is 12.4. The lowest BCUT2D eigenvalue weighted by Crippen LogP contribution is -2.45. The van der Waals surface area contributed by atoms with Crippen molar-refractivity contribution in [3.05, 3.63) is 105 Å². The van der Waals surface area contributed by atoms with Crippen molar-refractivity contribution in [2.24, 2.45) is 0 Å². The Hall–Kier alpha value is -3.48. The maximum absolute atomic E-state index is 12.9. The molecule has 1 atom stereocenters. The lowest BCUT2D eigenvalue weighted by atomic mass is 9.92. The van der Waals surface area contributed by atoms with Gasteiger partial charge in [0.15, 0.2) is 0 Å². The fraction of sp³-hybridized carbons (Fsp3) is 0.154. The molecule has 0 spiro atoms. The van der Waals surface area contributed by atoms with Crippen LogP contribution in [0.3, 0.4) is 0 Å². The number of amides is 2. The molecule has 0 fully saturated rings. The van der Waals surface area contributed by atoms with Gasteiger partial charge in [-0.2, -0.15) is 0 Å². The van der Waals surface area contributed by atoms with Crippen LogP contribution in [0.15, 0.2) is 78.4 Å². The van der Waals surface area contributed by atoms with Crippen molar-refractivity contribution in [2.75, 3.05) is 6.61 Å². The first-order chi connectivity index (χ1) is 16.5. The first kappa shape index (κ1) is 23.7. The Bertz CT molecular complexity index is 1210. The Morgan fingerprint density at radius 1 is 0.941 bits per heavy atom. The molecule has 1 aliphatic heterocycles. The smallest absolute Gasteiger partial charge is 0.338 e. The molecule has 0 aliphatic carbocycles. The monoisotopic (exact) mass is 496 g/mol. The second-order valence-electron chi connectivity index (χ2n) is 7.46. The lowest BCUT2D eigenvalue weighted by Gasteiger charge is -2.29. The van der Waals surface area contributed by atoms with E-state index in [1.807, 2.05) is 30.3 Å². The van der Waals surface area contributed by atoms with E-state index in [-0.39, 0.29) is 13.2 Å². The van der Waals surface area contributed by atoms with E-state index >= 15 is 0 Å². The van der Waals surface area contributed by atoms with Gasteiger partial charge in [-0.05, 0) is 42.3 Å². The molecule has 0 bridgehead atoms. The molecule has 0 unspecified atom stereocenters. The van der Waals surface area contributed by atoms with Crippen LogP contribution in [0.5, 0.6) is 5.75 Å². The van der Waals surface area contributed by atoms with Gasteiger partial charge in [0.2, 0.25) is 0 Å². The molecule has 0 aromatic heterocycles. The number of urea groups is 1. The highest BCUT2D eigenvalue weighted by Crippen LogP contribution is 2.33. The van der Waals surface area contributed by atoms with Gasteiger partial charge >= 0.3 is 12.0 Å². The average molecular weight is 497 g/mol. The van der Waals surface area contributed by atoms with Crippen LogP contribution in [0.2, 0.25) is 10.0 Å². The van der Waals surface area contributed by atoms with Gasteiger partial charge in [-0.1, -0.05) is 71.7 Å². The number of benzene rings is 3. The maximum Gasteiger partial charge on any atom is 0.338 e. The zero-order chi connectivity index (χ0) is 24.1. The Balaban J connectivity index is 1.63. The van der Waals surface area contributed by atoms with Crippen LogP contribution in [-0.4, -0.2) is 18.6 Å². The minimum Gasteiger partial charge on any atom is -0.489 e. The number of esters is 1. The molecule has 3 aromatic rings. The summed E-state index contributed by atoms with van der Waals surface area (Å²) in [5.74, 6) is 0.0810. The van der Waals surface area contributed by atoms with Crippen LogP contribution in [0, 0.1) is 0 Å². The van der Waals surface area contributed by atoms with Crippen LogP contribution >= 0.6 is 23.2 Å². The third-order valence-electron chi connectivity index (χ3n) is 5.29. The first-order valence-electron chi connectivity index (χ1n) is 10.7. The molecule has 4 rings (SSSR count). The summed E-state index contributed by atoms with van der Waals surface area (Å²) in [5, 5.41) is 6.64. The molecule has 2 N–H and O–H groups in total. The van der Waals surface area contributed by atoms with E-state index in [9.17, 15) is 9.59 Å². The number of carbonyl (C=O) groups is 2. The number of rotatable bonds is 7. The molecule has 1 heterocycles. The van der Waals surface area contributed by atoms with Crippen LogP contribution in [0.4, 0.5) is 4.79 Å². The van der Waals surface area contributed by atoms with Crippen LogP contribution in [0.25, 0.3) is 5.70 Å². The molecule has 6 nitrogen and oxygen atoms in total. The summed E-state index contributed by atoms with van der Waals surface area (Å²) in [6, 6.07) is 20.5. The van der Waals surface area contributed by atoms with Gasteiger partial charge in [-0.25, -0.2) is 9.59 Å². The molecule has 3 aromatic carbocycles. The number of halogens is 2. The van der Waals surface area contributed by atoms with Gasteiger partial charge in [0.1, 0.15) is 12.4 Å². The number of hydrogen-bond acceptors (Lipinski definition) is 4. The lowest BCUT2D eigenvalue weighted by molar-refractivity contribution is -0.138. The second-order valence-corrected chi connectivity index (χ2v) is 8.28. The number of ether oxygens (including phenoxy) is 2. The molecule has 0 saturated carbocycles. The highest BCUT2D eigenvalue weighted by atomic mass is 35.5. The second kappa shape index (κ2) is 10.6. The molecular formula is C26H22Cl2N2O4. The zero-order valence-electron chi connectivity index (χ0n) is 18.3. The predicted octanol–water partition coefficient (Wildman–Crippen LogP) is 5.90. The number of nitrogens with one attached hydrogen (secondary N) is 2. The molecule has 0 radical (unpaired) electrons. The Kier molecular flexibility index (Phi) is 7.40. The highest BCUT2D eigenvalue weighted by Gasteiger charge is 2.34. The molecule has 2 amide bonds. The fourth-order valence-corrected chi connectivity index (χ4v) is 4.16. The fourth-order valence-electron chi connectivity index (χ4n) is 3.66. The van der Waals surface area contributed by atoms with Gasteiger partial charge in [0.25, 0.3) is 0 Å². The first-order valence-corrected chi connectivity index (χ1v) is 11.4. The predicted molar refractivity (Wildman–Crippen MR) is 132 cm³/mol. The van der Waals surface area contributed by atoms with E-state index in [0.717, 1.165) is 0 Å². The van der Waals surface area contributed by atoms with Gasteiger partial charge < -0.3 is 20.1 Å². The Labute approximate surface area is 207 Å². The van der Waals surface area contributed by atoms with Crippen molar-refractivity contribution in [3.8, 4) is 5.75 Å². The summed E-state index contributed by atoms with van der Waals surface area (Å²) in [6.07, 6.45) is 0. The third-order valence-corrected chi connectivity index (χ3v) is 6.00. The Morgan fingerprint density at radius 2 is 1.62 bits per heavy atom. The van der Waals surface area contributed by atoms with Gasteiger partial charge in [0, 0.05) is 15.6 Å². The number of carbonyl (C=O) groups excluding carboxylic acids is 2. The van der Waals surface area contributed by atoms with Crippen molar-refractivity contribution >= 4 is 40.9 Å². The van der Waals surface area contributed by atoms with Gasteiger partial charge in [-0.3, -0.25) is 0 Å². The van der Waals surface area contributed by atoms with Crippen molar-refractivity contribution in [1.82, 2.24) is 10.6 Å². The van der Waals surface area contributed by atoms with Crippen molar-refractivity contribution in [1.29, 1.82) is 0 Å². The maximum atomic E-state index is 12.9. The van der Waals surface area contributed by atoms with Crippen LogP contribution in [0.1, 0.15) is 29.7 Å². The average Bonchev–Trinajstić information content (AvgIpc) is 2.84. The quantitative estimate of drug-likeness (QED) is 0.399. The van der Waals surface area contributed by atoms with Gasteiger partial charge in [0.05, 0.1) is 23.9 Å². The topological polar surface area (TPSA) is 76.7 Å². The van der Waals surface area contributed by atoms with E-state index in [1.54, 1.807) is 49.4 Å². The summed E-state index contributed by atoms with van der Waals surface area (Å²) in [6.45, 7) is 2.15. The summed E-state index contributed by atoms with van der Waals surface area (Å²) < 4.78 is 11.2. The normalized spacial score (nSPS) is 15.4. The molecular weight excluding hydrogens is 475 g/mol. The molecule has 0 saturated heterocycles. The van der Waals surface area contributed by atoms with Crippen molar-refractivity contribution < 1.29 is 19.1 Å². The summed E-state index contributed by atoms with van der Waals surface area (Å²) in [7, 11) is 0. The van der Waals surface area contributed by atoms with E-state index in [0.29, 0.717) is 43.8 Å². The highest BCUT2D eigenvalue weighted by molar-refractivity contribution is 6.35. The molecule has 1 aliphatic rings. The molecule has 174 valence electrons. The molecule has 8 heteroatoms. The van der Waals surface area contributed by atoms with Crippen LogP contribution < -0.4 is 15.4 Å². The standard InChI is InChI=1S/C26H22Cl2N2O4/c1-2-33-25(31)22-23(16-7-4-3-5-8-16)29-26(32)30-24(22)17-11-13-18(14-12-17)34-15-19-20(27)9-6-10-21(19)28/h3-14,24H,2,15H2,1H3,(H2,29,30,32)/t24-/m0/s1. The van der Waals surface area contributed by atoms with E-state index in [2.05, 4.69) is 10.6 Å². The van der Waals surface area contributed by atoms with Crippen molar-refractivity contribution in [3.63, 3.8) is 0 Å². The largest absolute Gasteiger partial charge is 0.489 e. The molecule has 34 heavy (non-hydrogen) atoms. The van der Waals surface area contributed by atoms with Gasteiger partial charge in [-0.15, -0.1) is 0 Å². The van der Waals surface area contributed by atoms with Crippen molar-refractivity contribution in [2.45, 2.75) is 19.6 Å². The van der Waals surface area contributed by atoms with Crippen LogP contribution in [-0.2, 0) is 16.1 Å². The van der Waals surface area contributed by atoms with E-state index in [1.165, 1.54) is 0 Å². The summed E-state index contributed by atoms with van der Waals surface area (Å²) in [4.78, 5) is 25.4. The number of hydrogen-bond donors (Lipinski definition) is 2. The minimum atomic E-state index is -0.699. The minimum absolute atomic E-state index is 0.202. The third kappa shape index (κ3) is 5.19. The zero-order valence-corrected chi connectivity index (χ0v) is 19.8. The van der Waals surface area contributed by atoms with E-state index in [4.69, 9.17) is 32.7 Å². The summed E-state index contributed by atoms with van der Waals surface area (Å²) in [5.41, 5.74) is 2.85. The SMILES string of the molecule is CCOC(=O)C1=C(c2ccccc2)NC(=O)N[C@H]1c1ccc(OCc2c(Cl)cccc2Cl)cc1. The van der Waals surface area contributed by atoms with E-state index < -0.39 is 18.0 Å². The Morgan fingerprint density at radius 3 is 2.26 bits per heavy atom.